The van der Waals surface area contributed by atoms with Crippen LogP contribution in [0.5, 0.6) is 0 Å². The standard InChI is InChI=1S/C9H16BrN5O2S/c1-6-7(4-3-5-11-6)13-18(16,17)9-8(10)12-14-15(9)2/h6-7,11,13H,3-5H2,1-2H3. The molecule has 2 atom stereocenters. The molecule has 0 radical (unpaired) electrons. The molecule has 9 heteroatoms. The number of piperidine rings is 1. The van der Waals surface area contributed by atoms with Crippen molar-refractivity contribution in [3.63, 3.8) is 0 Å². The van der Waals surface area contributed by atoms with Crippen LogP contribution in [0.1, 0.15) is 19.8 Å². The Morgan fingerprint density at radius 3 is 2.83 bits per heavy atom. The van der Waals surface area contributed by atoms with E-state index in [2.05, 4.69) is 36.3 Å². The predicted molar refractivity (Wildman–Crippen MR) is 69.5 cm³/mol. The van der Waals surface area contributed by atoms with Gasteiger partial charge in [0.05, 0.1) is 0 Å². The number of sulfonamides is 1. The minimum Gasteiger partial charge on any atom is -0.313 e. The van der Waals surface area contributed by atoms with Crippen LogP contribution >= 0.6 is 15.9 Å². The summed E-state index contributed by atoms with van der Waals surface area (Å²) in [6.45, 7) is 2.90. The van der Waals surface area contributed by atoms with E-state index in [-0.39, 0.29) is 21.7 Å². The Bertz CT molecular complexity index is 510. The van der Waals surface area contributed by atoms with E-state index < -0.39 is 10.0 Å². The lowest BCUT2D eigenvalue weighted by atomic mass is 10.0. The maximum Gasteiger partial charge on any atom is 0.260 e. The minimum absolute atomic E-state index is 0.0558. The van der Waals surface area contributed by atoms with E-state index in [9.17, 15) is 8.42 Å². The summed E-state index contributed by atoms with van der Waals surface area (Å²) < 4.78 is 28.7. The molecular formula is C9H16BrN5O2S. The molecule has 102 valence electrons. The Hall–Kier alpha value is -0.510. The average Bonchev–Trinajstić information content (AvgIpc) is 2.62. The van der Waals surface area contributed by atoms with Gasteiger partial charge >= 0.3 is 0 Å². The summed E-state index contributed by atoms with van der Waals surface area (Å²) in [7, 11) is -2.06. The summed E-state index contributed by atoms with van der Waals surface area (Å²) in [6, 6.07) is 0.0130. The van der Waals surface area contributed by atoms with Crippen molar-refractivity contribution in [2.24, 2.45) is 7.05 Å². The summed E-state index contributed by atoms with van der Waals surface area (Å²) in [4.78, 5) is 0. The van der Waals surface area contributed by atoms with Crippen LogP contribution < -0.4 is 10.0 Å². The van der Waals surface area contributed by atoms with E-state index in [1.807, 2.05) is 6.92 Å². The molecule has 0 saturated carbocycles. The van der Waals surface area contributed by atoms with Gasteiger partial charge in [-0.15, -0.1) is 5.10 Å². The highest BCUT2D eigenvalue weighted by Gasteiger charge is 2.30. The molecule has 18 heavy (non-hydrogen) atoms. The number of rotatable bonds is 3. The van der Waals surface area contributed by atoms with Crippen molar-refractivity contribution in [1.29, 1.82) is 0 Å². The van der Waals surface area contributed by atoms with E-state index in [1.54, 1.807) is 7.05 Å². The number of aryl methyl sites for hydroxylation is 1. The van der Waals surface area contributed by atoms with Gasteiger partial charge in [0.2, 0.25) is 5.03 Å². The molecule has 0 spiro atoms. The van der Waals surface area contributed by atoms with E-state index in [4.69, 9.17) is 0 Å². The first kappa shape index (κ1) is 13.9. The number of nitrogens with zero attached hydrogens (tertiary/aromatic N) is 3. The Morgan fingerprint density at radius 1 is 1.56 bits per heavy atom. The SMILES string of the molecule is CC1NCCCC1NS(=O)(=O)c1c(Br)nnn1C. The normalized spacial score (nSPS) is 25.3. The van der Waals surface area contributed by atoms with Crippen LogP contribution in [0.4, 0.5) is 0 Å². The van der Waals surface area contributed by atoms with Crippen molar-refractivity contribution in [3.05, 3.63) is 4.60 Å². The molecule has 2 N–H and O–H groups in total. The van der Waals surface area contributed by atoms with Gasteiger partial charge in [0.25, 0.3) is 10.0 Å². The third kappa shape index (κ3) is 2.73. The molecule has 2 unspecified atom stereocenters. The second kappa shape index (κ2) is 5.24. The summed E-state index contributed by atoms with van der Waals surface area (Å²) in [5.41, 5.74) is 0. The third-order valence-corrected chi connectivity index (χ3v) is 5.44. The fourth-order valence-electron chi connectivity index (χ4n) is 2.07. The smallest absolute Gasteiger partial charge is 0.260 e. The summed E-state index contributed by atoms with van der Waals surface area (Å²) >= 11 is 3.10. The monoisotopic (exact) mass is 337 g/mol. The Labute approximate surface area is 115 Å². The van der Waals surface area contributed by atoms with E-state index >= 15 is 0 Å². The number of aromatic nitrogens is 3. The lowest BCUT2D eigenvalue weighted by Gasteiger charge is -2.30. The van der Waals surface area contributed by atoms with Gasteiger partial charge in [-0.3, -0.25) is 0 Å². The molecule has 0 aliphatic carbocycles. The largest absolute Gasteiger partial charge is 0.313 e. The highest BCUT2D eigenvalue weighted by atomic mass is 79.9. The second-order valence-electron chi connectivity index (χ2n) is 4.42. The van der Waals surface area contributed by atoms with Crippen LogP contribution in [0.2, 0.25) is 0 Å². The lowest BCUT2D eigenvalue weighted by Crippen LogP contribution is -2.52. The van der Waals surface area contributed by atoms with Crippen molar-refractivity contribution in [1.82, 2.24) is 25.0 Å². The van der Waals surface area contributed by atoms with E-state index in [0.717, 1.165) is 19.4 Å². The fraction of sp³-hybridized carbons (Fsp3) is 0.778. The first-order valence-electron chi connectivity index (χ1n) is 5.72. The van der Waals surface area contributed by atoms with Crippen LogP contribution in [0.25, 0.3) is 0 Å². The van der Waals surface area contributed by atoms with Crippen molar-refractivity contribution < 1.29 is 8.42 Å². The molecule has 0 bridgehead atoms. The molecule has 1 saturated heterocycles. The number of halogens is 1. The highest BCUT2D eigenvalue weighted by Crippen LogP contribution is 2.19. The molecule has 0 amide bonds. The van der Waals surface area contributed by atoms with Crippen molar-refractivity contribution in [2.45, 2.75) is 36.9 Å². The molecule has 1 aromatic heterocycles. The van der Waals surface area contributed by atoms with Crippen molar-refractivity contribution >= 4 is 26.0 Å². The molecular weight excluding hydrogens is 322 g/mol. The first-order valence-corrected chi connectivity index (χ1v) is 8.00. The number of nitrogens with one attached hydrogen (secondary N) is 2. The topological polar surface area (TPSA) is 88.9 Å². The van der Waals surface area contributed by atoms with Gasteiger partial charge in [-0.25, -0.2) is 17.8 Å². The number of hydrogen-bond donors (Lipinski definition) is 2. The van der Waals surface area contributed by atoms with E-state index in [0.29, 0.717) is 0 Å². The molecule has 0 aromatic carbocycles. The van der Waals surface area contributed by atoms with Crippen LogP contribution in [-0.2, 0) is 17.1 Å². The molecule has 2 rings (SSSR count). The van der Waals surface area contributed by atoms with Crippen molar-refractivity contribution in [3.8, 4) is 0 Å². The maximum absolute atomic E-state index is 12.3. The molecule has 2 heterocycles. The van der Waals surface area contributed by atoms with Crippen LogP contribution in [0, 0.1) is 0 Å². The highest BCUT2D eigenvalue weighted by molar-refractivity contribution is 9.10. The molecule has 1 aliphatic heterocycles. The lowest BCUT2D eigenvalue weighted by molar-refractivity contribution is 0.348. The maximum atomic E-state index is 12.3. The van der Waals surface area contributed by atoms with Gasteiger partial charge in [0, 0.05) is 19.1 Å². The van der Waals surface area contributed by atoms with Gasteiger partial charge in [-0.05, 0) is 42.2 Å². The molecule has 7 nitrogen and oxygen atoms in total. The zero-order chi connectivity index (χ0) is 13.3. The molecule has 1 aromatic rings. The van der Waals surface area contributed by atoms with Crippen molar-refractivity contribution in [2.75, 3.05) is 6.54 Å². The first-order chi connectivity index (χ1) is 8.42. The average molecular weight is 338 g/mol. The van der Waals surface area contributed by atoms with Crippen LogP contribution in [-0.4, -0.2) is 42.0 Å². The zero-order valence-corrected chi connectivity index (χ0v) is 12.6. The summed E-state index contributed by atoms with van der Waals surface area (Å²) in [5.74, 6) is 0. The Kier molecular flexibility index (Phi) is 4.05. The van der Waals surface area contributed by atoms with Gasteiger partial charge < -0.3 is 5.32 Å². The second-order valence-corrected chi connectivity index (χ2v) is 6.80. The van der Waals surface area contributed by atoms with Gasteiger partial charge in [0.1, 0.15) is 0 Å². The minimum atomic E-state index is -3.61. The quantitative estimate of drug-likeness (QED) is 0.810. The zero-order valence-electron chi connectivity index (χ0n) is 10.2. The third-order valence-electron chi connectivity index (χ3n) is 3.06. The Morgan fingerprint density at radius 2 is 2.28 bits per heavy atom. The number of hydrogen-bond acceptors (Lipinski definition) is 5. The molecule has 1 aliphatic rings. The predicted octanol–water partition coefficient (Wildman–Crippen LogP) is -0.00360. The van der Waals surface area contributed by atoms with Gasteiger partial charge in [-0.2, -0.15) is 0 Å². The summed E-state index contributed by atoms with van der Waals surface area (Å²) in [6.07, 6.45) is 1.79. The summed E-state index contributed by atoms with van der Waals surface area (Å²) in [5, 5.41) is 10.7. The Balaban J connectivity index is 2.22. The fourth-order valence-corrected chi connectivity index (χ4v) is 4.51. The molecule has 1 fully saturated rings. The van der Waals surface area contributed by atoms with E-state index in [1.165, 1.54) is 4.68 Å². The van der Waals surface area contributed by atoms with Crippen LogP contribution in [0.3, 0.4) is 0 Å². The van der Waals surface area contributed by atoms with Gasteiger partial charge in [0.15, 0.2) is 4.60 Å². The van der Waals surface area contributed by atoms with Crippen LogP contribution in [0.15, 0.2) is 9.63 Å². The van der Waals surface area contributed by atoms with Gasteiger partial charge in [-0.1, -0.05) is 5.21 Å².